The highest BCUT2D eigenvalue weighted by Crippen LogP contribution is 2.23. The van der Waals surface area contributed by atoms with E-state index >= 15 is 0 Å². The third kappa shape index (κ3) is 7.64. The first kappa shape index (κ1) is 23.6. The molecule has 2 nitrogen and oxygen atoms in total. The molecule has 0 N–H and O–H groups in total. The summed E-state index contributed by atoms with van der Waals surface area (Å²) in [5, 5.41) is 0. The molecule has 0 radical (unpaired) electrons. The van der Waals surface area contributed by atoms with E-state index < -0.39 is 0 Å². The lowest BCUT2D eigenvalue weighted by Gasteiger charge is -2.27. The Morgan fingerprint density at radius 3 is 2.64 bits per heavy atom. The highest BCUT2D eigenvalue weighted by molar-refractivity contribution is 5.30. The maximum absolute atomic E-state index is 3.84. The fourth-order valence-corrected chi connectivity index (χ4v) is 2.95. The minimum atomic E-state index is 0.252. The topological polar surface area (TPSA) is 6.48 Å². The molecule has 4 atom stereocenters. The van der Waals surface area contributed by atoms with Gasteiger partial charge in [0.1, 0.15) is 0 Å². The van der Waals surface area contributed by atoms with Crippen molar-refractivity contribution in [3.8, 4) is 0 Å². The number of hydrogen-bond acceptors (Lipinski definition) is 2. The molecule has 0 saturated heterocycles. The van der Waals surface area contributed by atoms with Crippen molar-refractivity contribution in [3.05, 3.63) is 98.1 Å². The molecule has 152 valence electrons. The van der Waals surface area contributed by atoms with Crippen molar-refractivity contribution >= 4 is 0 Å². The lowest BCUT2D eigenvalue weighted by atomic mass is 10.0. The molecule has 0 aromatic rings. The molecule has 0 aromatic carbocycles. The van der Waals surface area contributed by atoms with Gasteiger partial charge in [-0.25, -0.2) is 0 Å². The van der Waals surface area contributed by atoms with Crippen LogP contribution < -0.4 is 0 Å². The maximum Gasteiger partial charge on any atom is 0.0506 e. The third-order valence-electron chi connectivity index (χ3n) is 5.25. The van der Waals surface area contributed by atoms with E-state index in [9.17, 15) is 0 Å². The maximum atomic E-state index is 3.84. The standard InChI is InChI=1S/C26H38N2/c1-8-11-16-26(17-13-12-15-22(4)10-3)23(5)27(7)20-21-28-19-18-25(14-9-2)24(28)6/h8-14,16-25H,1,3,15H2,2,4-7H3/b13-12-,14-9-,16-11+,21-20-,26-17-. The number of rotatable bonds is 11. The predicted molar refractivity (Wildman–Crippen MR) is 126 cm³/mol. The van der Waals surface area contributed by atoms with Crippen LogP contribution >= 0.6 is 0 Å². The Hall–Kier alpha value is -2.48. The summed E-state index contributed by atoms with van der Waals surface area (Å²) in [6.07, 6.45) is 28.6. The van der Waals surface area contributed by atoms with Gasteiger partial charge in [-0.15, -0.1) is 6.58 Å². The van der Waals surface area contributed by atoms with Crippen LogP contribution in [0, 0.1) is 11.8 Å². The van der Waals surface area contributed by atoms with E-state index in [0.29, 0.717) is 17.9 Å². The van der Waals surface area contributed by atoms with Crippen molar-refractivity contribution < 1.29 is 0 Å². The summed E-state index contributed by atoms with van der Waals surface area (Å²) < 4.78 is 0. The van der Waals surface area contributed by atoms with Crippen molar-refractivity contribution in [2.75, 3.05) is 7.05 Å². The van der Waals surface area contributed by atoms with E-state index in [1.165, 1.54) is 5.57 Å². The minimum Gasteiger partial charge on any atom is -0.372 e. The molecular weight excluding hydrogens is 340 g/mol. The van der Waals surface area contributed by atoms with Gasteiger partial charge in [-0.05, 0) is 38.7 Å². The van der Waals surface area contributed by atoms with Crippen LogP contribution in [0.2, 0.25) is 0 Å². The van der Waals surface area contributed by atoms with Crippen LogP contribution in [0.15, 0.2) is 98.1 Å². The van der Waals surface area contributed by atoms with Crippen LogP contribution in [0.5, 0.6) is 0 Å². The van der Waals surface area contributed by atoms with E-state index in [1.807, 2.05) is 18.2 Å². The van der Waals surface area contributed by atoms with Gasteiger partial charge in [0.25, 0.3) is 0 Å². The van der Waals surface area contributed by atoms with Crippen molar-refractivity contribution in [2.45, 2.75) is 46.2 Å². The molecule has 1 heterocycles. The molecule has 0 saturated carbocycles. The molecule has 0 aromatic heterocycles. The van der Waals surface area contributed by atoms with E-state index in [4.69, 9.17) is 0 Å². The lowest BCUT2D eigenvalue weighted by Crippen LogP contribution is -2.28. The molecular formula is C26H38N2. The number of likely N-dealkylation sites (N-methyl/N-ethyl adjacent to an activating group) is 1. The molecule has 0 amide bonds. The van der Waals surface area contributed by atoms with E-state index in [1.54, 1.807) is 0 Å². The second kappa shape index (κ2) is 12.8. The van der Waals surface area contributed by atoms with Crippen LogP contribution in [0.3, 0.4) is 0 Å². The van der Waals surface area contributed by atoms with Crippen LogP contribution in [-0.4, -0.2) is 28.9 Å². The predicted octanol–water partition coefficient (Wildman–Crippen LogP) is 6.63. The van der Waals surface area contributed by atoms with Crippen LogP contribution in [0.4, 0.5) is 0 Å². The average molecular weight is 379 g/mol. The van der Waals surface area contributed by atoms with Crippen LogP contribution in [-0.2, 0) is 0 Å². The number of nitrogens with zero attached hydrogens (tertiary/aromatic N) is 2. The first-order chi connectivity index (χ1) is 13.4. The zero-order valence-corrected chi connectivity index (χ0v) is 18.3. The Morgan fingerprint density at radius 2 is 2.00 bits per heavy atom. The summed E-state index contributed by atoms with van der Waals surface area (Å²) in [7, 11) is 2.12. The Morgan fingerprint density at radius 1 is 1.25 bits per heavy atom. The third-order valence-corrected chi connectivity index (χ3v) is 5.25. The Balaban J connectivity index is 2.80. The molecule has 2 heteroatoms. The first-order valence-electron chi connectivity index (χ1n) is 10.2. The monoisotopic (exact) mass is 378 g/mol. The Labute approximate surface area is 173 Å². The summed E-state index contributed by atoms with van der Waals surface area (Å²) >= 11 is 0. The van der Waals surface area contributed by atoms with Gasteiger partial charge in [-0.1, -0.05) is 74.3 Å². The lowest BCUT2D eigenvalue weighted by molar-refractivity contribution is 0.355. The van der Waals surface area contributed by atoms with Gasteiger partial charge in [0.05, 0.1) is 6.04 Å². The van der Waals surface area contributed by atoms with E-state index in [2.05, 4.69) is 119 Å². The molecule has 0 aliphatic carbocycles. The zero-order chi connectivity index (χ0) is 20.9. The van der Waals surface area contributed by atoms with Gasteiger partial charge in [0, 0.05) is 37.6 Å². The summed E-state index contributed by atoms with van der Waals surface area (Å²) in [6.45, 7) is 16.4. The quantitative estimate of drug-likeness (QED) is 0.294. The van der Waals surface area contributed by atoms with Crippen LogP contribution in [0.1, 0.15) is 34.1 Å². The molecule has 0 spiro atoms. The van der Waals surface area contributed by atoms with E-state index in [0.717, 1.165) is 6.42 Å². The smallest absolute Gasteiger partial charge is 0.0506 e. The largest absolute Gasteiger partial charge is 0.372 e. The minimum absolute atomic E-state index is 0.252. The van der Waals surface area contributed by atoms with Crippen molar-refractivity contribution in [2.24, 2.45) is 11.8 Å². The Kier molecular flexibility index (Phi) is 10.8. The second-order valence-electron chi connectivity index (χ2n) is 7.41. The zero-order valence-electron chi connectivity index (χ0n) is 18.3. The summed E-state index contributed by atoms with van der Waals surface area (Å²) in [5.74, 6) is 0.980. The van der Waals surface area contributed by atoms with Gasteiger partial charge in [0.2, 0.25) is 0 Å². The van der Waals surface area contributed by atoms with Gasteiger partial charge >= 0.3 is 0 Å². The van der Waals surface area contributed by atoms with Crippen molar-refractivity contribution in [1.29, 1.82) is 0 Å². The first-order valence-corrected chi connectivity index (χ1v) is 10.2. The summed E-state index contributed by atoms with van der Waals surface area (Å²) in [6, 6.07) is 0.698. The fraction of sp³-hybridized carbons (Fsp3) is 0.385. The molecule has 4 unspecified atom stereocenters. The molecule has 1 aliphatic heterocycles. The summed E-state index contributed by atoms with van der Waals surface area (Å²) in [4.78, 5) is 4.51. The second-order valence-corrected chi connectivity index (χ2v) is 7.41. The highest BCUT2D eigenvalue weighted by Gasteiger charge is 2.21. The van der Waals surface area contributed by atoms with Crippen molar-refractivity contribution in [3.63, 3.8) is 0 Å². The molecule has 0 bridgehead atoms. The van der Waals surface area contributed by atoms with Gasteiger partial charge in [0.15, 0.2) is 0 Å². The molecule has 28 heavy (non-hydrogen) atoms. The molecule has 1 rings (SSSR count). The Bertz CT molecular complexity index is 660. The number of allylic oxidation sites excluding steroid dienone is 7. The number of hydrogen-bond donors (Lipinski definition) is 0. The van der Waals surface area contributed by atoms with Gasteiger partial charge in [-0.3, -0.25) is 0 Å². The highest BCUT2D eigenvalue weighted by atomic mass is 15.2. The SMILES string of the molecule is C=C/C=C/C(=C/C=C\CC(C)C=C)C(C)N(C)/C=C\N1C=CC(/C=C\C)C1C. The average Bonchev–Trinajstić information content (AvgIpc) is 3.04. The van der Waals surface area contributed by atoms with Gasteiger partial charge < -0.3 is 9.80 Å². The molecule has 1 aliphatic rings. The molecule has 0 fully saturated rings. The summed E-state index contributed by atoms with van der Waals surface area (Å²) in [5.41, 5.74) is 1.24. The van der Waals surface area contributed by atoms with Gasteiger partial charge in [-0.2, -0.15) is 0 Å². The van der Waals surface area contributed by atoms with E-state index in [-0.39, 0.29) is 6.04 Å². The van der Waals surface area contributed by atoms with Crippen LogP contribution in [0.25, 0.3) is 0 Å². The fourth-order valence-electron chi connectivity index (χ4n) is 2.95. The normalized spacial score (nSPS) is 22.8. The van der Waals surface area contributed by atoms with Crippen molar-refractivity contribution in [1.82, 2.24) is 9.80 Å².